The standard InChI is InChI=1S/C27H29N5O3/c1-17-5-4-6-18(15-17)30-24-22(23(28)25(29)34)27(12-13-27)16-32(26(24)35)20-10-8-19(9-11-20)31-14-3-2-7-21(31)33/h4-6,8-11,15,22,28H,2-3,7,12-14,16H2,1H3,(H2,29,34). The molecule has 3 N–H and O–H groups in total. The van der Waals surface area contributed by atoms with E-state index in [0.717, 1.165) is 36.9 Å². The molecule has 2 saturated heterocycles. The number of hydrogen-bond donors (Lipinski definition) is 2. The lowest BCUT2D eigenvalue weighted by molar-refractivity contribution is -0.119. The Bertz CT molecular complexity index is 1250. The van der Waals surface area contributed by atoms with Gasteiger partial charge in [0.2, 0.25) is 5.91 Å². The van der Waals surface area contributed by atoms with Gasteiger partial charge in [-0.3, -0.25) is 19.8 Å². The van der Waals surface area contributed by atoms with E-state index in [4.69, 9.17) is 11.1 Å². The summed E-state index contributed by atoms with van der Waals surface area (Å²) in [5.41, 5.74) is 8.13. The number of primary amides is 1. The fourth-order valence-electron chi connectivity index (χ4n) is 5.27. The third-order valence-corrected chi connectivity index (χ3v) is 7.32. The van der Waals surface area contributed by atoms with E-state index >= 15 is 0 Å². The van der Waals surface area contributed by atoms with Crippen molar-refractivity contribution in [1.29, 1.82) is 5.41 Å². The average Bonchev–Trinajstić information content (AvgIpc) is 3.61. The van der Waals surface area contributed by atoms with Gasteiger partial charge in [-0.05, 0) is 74.6 Å². The van der Waals surface area contributed by atoms with Crippen molar-refractivity contribution >= 4 is 46.2 Å². The number of anilines is 2. The fourth-order valence-corrected chi connectivity index (χ4v) is 5.27. The maximum Gasteiger partial charge on any atom is 0.273 e. The molecule has 35 heavy (non-hydrogen) atoms. The van der Waals surface area contributed by atoms with Crippen LogP contribution in [0.15, 0.2) is 53.5 Å². The normalized spacial score (nSPS) is 22.5. The molecule has 8 heteroatoms. The molecule has 2 heterocycles. The van der Waals surface area contributed by atoms with Crippen molar-refractivity contribution in [3.8, 4) is 0 Å². The lowest BCUT2D eigenvalue weighted by Crippen LogP contribution is -2.56. The van der Waals surface area contributed by atoms with Gasteiger partial charge in [0.15, 0.2) is 0 Å². The molecule has 180 valence electrons. The molecule has 8 nitrogen and oxygen atoms in total. The van der Waals surface area contributed by atoms with Gasteiger partial charge in [-0.2, -0.15) is 0 Å². The molecule has 0 radical (unpaired) electrons. The summed E-state index contributed by atoms with van der Waals surface area (Å²) in [6.07, 6.45) is 4.02. The van der Waals surface area contributed by atoms with Crippen LogP contribution in [0.2, 0.25) is 0 Å². The zero-order chi connectivity index (χ0) is 24.7. The van der Waals surface area contributed by atoms with E-state index in [-0.39, 0.29) is 23.2 Å². The number of nitrogens with zero attached hydrogens (tertiary/aromatic N) is 3. The number of aryl methyl sites for hydroxylation is 1. The molecule has 2 aromatic rings. The van der Waals surface area contributed by atoms with Crippen molar-refractivity contribution in [2.24, 2.45) is 22.1 Å². The molecular formula is C27H29N5O3. The van der Waals surface area contributed by atoms with Crippen molar-refractivity contribution < 1.29 is 14.4 Å². The number of carbonyl (C=O) groups is 3. The van der Waals surface area contributed by atoms with Crippen LogP contribution in [-0.4, -0.2) is 42.2 Å². The SMILES string of the molecule is Cc1cccc(N=C2C(=O)N(c3ccc(N4CCCCC4=O)cc3)CC3(CC3)C2C(=N)C(N)=O)c1. The van der Waals surface area contributed by atoms with Crippen LogP contribution >= 0.6 is 0 Å². The number of amides is 3. The third kappa shape index (κ3) is 4.24. The first-order chi connectivity index (χ1) is 16.8. The van der Waals surface area contributed by atoms with Crippen molar-refractivity contribution in [2.45, 2.75) is 39.0 Å². The molecule has 3 aliphatic rings. The monoisotopic (exact) mass is 471 g/mol. The van der Waals surface area contributed by atoms with Crippen LogP contribution in [-0.2, 0) is 14.4 Å². The Morgan fingerprint density at radius 1 is 1.06 bits per heavy atom. The van der Waals surface area contributed by atoms with Gasteiger partial charge < -0.3 is 15.5 Å². The summed E-state index contributed by atoms with van der Waals surface area (Å²) >= 11 is 0. The van der Waals surface area contributed by atoms with E-state index in [0.29, 0.717) is 30.9 Å². The molecular weight excluding hydrogens is 442 g/mol. The molecule has 1 spiro atoms. The van der Waals surface area contributed by atoms with Crippen molar-refractivity contribution in [3.63, 3.8) is 0 Å². The maximum atomic E-state index is 13.8. The minimum Gasteiger partial charge on any atom is -0.365 e. The topological polar surface area (TPSA) is 120 Å². The first-order valence-electron chi connectivity index (χ1n) is 12.0. The molecule has 2 aliphatic heterocycles. The summed E-state index contributed by atoms with van der Waals surface area (Å²) in [5, 5.41) is 8.43. The van der Waals surface area contributed by atoms with Crippen LogP contribution in [0, 0.1) is 23.7 Å². The lowest BCUT2D eigenvalue weighted by atomic mass is 9.76. The van der Waals surface area contributed by atoms with Crippen LogP contribution in [0.25, 0.3) is 0 Å². The fraction of sp³-hybridized carbons (Fsp3) is 0.370. The smallest absolute Gasteiger partial charge is 0.273 e. The second-order valence-electron chi connectivity index (χ2n) is 9.82. The van der Waals surface area contributed by atoms with Gasteiger partial charge >= 0.3 is 0 Å². The van der Waals surface area contributed by atoms with E-state index in [1.54, 1.807) is 15.9 Å². The zero-order valence-electron chi connectivity index (χ0n) is 19.8. The number of rotatable bonds is 5. The molecule has 3 fully saturated rings. The van der Waals surface area contributed by atoms with E-state index in [1.165, 1.54) is 0 Å². The maximum absolute atomic E-state index is 13.8. The summed E-state index contributed by atoms with van der Waals surface area (Å²) in [4.78, 5) is 46.3. The molecule has 0 bridgehead atoms. The Balaban J connectivity index is 1.52. The first-order valence-corrected chi connectivity index (χ1v) is 12.0. The second-order valence-corrected chi connectivity index (χ2v) is 9.82. The Kier molecular flexibility index (Phi) is 5.75. The Labute approximate surface area is 204 Å². The number of nitrogens with one attached hydrogen (secondary N) is 1. The van der Waals surface area contributed by atoms with Crippen LogP contribution in [0.1, 0.15) is 37.7 Å². The van der Waals surface area contributed by atoms with Crippen LogP contribution < -0.4 is 15.5 Å². The van der Waals surface area contributed by atoms with Gasteiger partial charge in [0.05, 0.1) is 11.6 Å². The number of benzene rings is 2. The molecule has 0 aromatic heterocycles. The summed E-state index contributed by atoms with van der Waals surface area (Å²) in [5.74, 6) is -1.76. The number of carbonyl (C=O) groups excluding carboxylic acids is 3. The summed E-state index contributed by atoms with van der Waals surface area (Å²) in [7, 11) is 0. The minimum absolute atomic E-state index is 0.121. The highest BCUT2D eigenvalue weighted by molar-refractivity contribution is 6.54. The largest absolute Gasteiger partial charge is 0.365 e. The number of nitrogens with two attached hydrogens (primary N) is 1. The number of aliphatic imine (C=N–C) groups is 1. The van der Waals surface area contributed by atoms with Gasteiger partial charge in [0.1, 0.15) is 11.4 Å². The van der Waals surface area contributed by atoms with Crippen molar-refractivity contribution in [3.05, 3.63) is 54.1 Å². The van der Waals surface area contributed by atoms with Crippen LogP contribution in [0.5, 0.6) is 0 Å². The molecule has 2 aromatic carbocycles. The number of hydrogen-bond acceptors (Lipinski definition) is 5. The Morgan fingerprint density at radius 2 is 1.74 bits per heavy atom. The quantitative estimate of drug-likeness (QED) is 0.649. The molecule has 3 amide bonds. The highest BCUT2D eigenvalue weighted by Crippen LogP contribution is 2.56. The van der Waals surface area contributed by atoms with E-state index in [2.05, 4.69) is 4.99 Å². The van der Waals surface area contributed by atoms with E-state index < -0.39 is 17.2 Å². The highest BCUT2D eigenvalue weighted by atomic mass is 16.2. The molecule has 5 rings (SSSR count). The predicted octanol–water partition coefficient (Wildman–Crippen LogP) is 3.53. The summed E-state index contributed by atoms with van der Waals surface area (Å²) in [6.45, 7) is 3.04. The molecule has 1 aliphatic carbocycles. The second kappa shape index (κ2) is 8.76. The van der Waals surface area contributed by atoms with Crippen molar-refractivity contribution in [2.75, 3.05) is 22.9 Å². The van der Waals surface area contributed by atoms with Gasteiger partial charge in [-0.25, -0.2) is 4.99 Å². The summed E-state index contributed by atoms with van der Waals surface area (Å²) in [6, 6.07) is 14.9. The van der Waals surface area contributed by atoms with Crippen molar-refractivity contribution in [1.82, 2.24) is 0 Å². The van der Waals surface area contributed by atoms with Gasteiger partial charge in [-0.1, -0.05) is 12.1 Å². The zero-order valence-corrected chi connectivity index (χ0v) is 19.8. The Hall–Kier alpha value is -3.81. The van der Waals surface area contributed by atoms with E-state index in [1.807, 2.05) is 49.4 Å². The van der Waals surface area contributed by atoms with Crippen LogP contribution in [0.4, 0.5) is 17.1 Å². The first kappa shape index (κ1) is 23.0. The molecule has 1 saturated carbocycles. The summed E-state index contributed by atoms with van der Waals surface area (Å²) < 4.78 is 0. The third-order valence-electron chi connectivity index (χ3n) is 7.32. The van der Waals surface area contributed by atoms with Gasteiger partial charge in [0.25, 0.3) is 11.8 Å². The van der Waals surface area contributed by atoms with Gasteiger partial charge in [-0.15, -0.1) is 0 Å². The van der Waals surface area contributed by atoms with Gasteiger partial charge in [0, 0.05) is 36.3 Å². The average molecular weight is 472 g/mol. The molecule has 1 unspecified atom stereocenters. The minimum atomic E-state index is -0.824. The Morgan fingerprint density at radius 3 is 2.34 bits per heavy atom. The predicted molar refractivity (Wildman–Crippen MR) is 135 cm³/mol. The lowest BCUT2D eigenvalue weighted by Gasteiger charge is -2.39. The highest BCUT2D eigenvalue weighted by Gasteiger charge is 2.60. The van der Waals surface area contributed by atoms with Crippen LogP contribution in [0.3, 0.4) is 0 Å². The van der Waals surface area contributed by atoms with E-state index in [9.17, 15) is 14.4 Å². The molecule has 1 atom stereocenters. The number of piperidine rings is 2.